The Kier molecular flexibility index (Phi) is 6.34. The number of hydrogen-bond acceptors (Lipinski definition) is 2. The molecule has 0 heterocycles. The smallest absolute Gasteiger partial charge is 0.224 e. The monoisotopic (exact) mass is 294 g/mol. The summed E-state index contributed by atoms with van der Waals surface area (Å²) in [5.41, 5.74) is 6.84. The van der Waals surface area contributed by atoms with Crippen LogP contribution in [0, 0.1) is 24.1 Å². The zero-order chi connectivity index (χ0) is 16.0. The van der Waals surface area contributed by atoms with Crippen molar-refractivity contribution in [1.82, 2.24) is 0 Å². The number of anilines is 1. The first kappa shape index (κ1) is 17.6. The molecule has 1 aromatic rings. The van der Waals surface area contributed by atoms with E-state index in [4.69, 9.17) is 5.73 Å². The third-order valence-electron chi connectivity index (χ3n) is 3.86. The lowest BCUT2D eigenvalue weighted by Crippen LogP contribution is -2.25. The number of rotatable bonds is 6. The van der Waals surface area contributed by atoms with Crippen molar-refractivity contribution in [1.29, 1.82) is 0 Å². The van der Waals surface area contributed by atoms with Gasteiger partial charge in [-0.2, -0.15) is 0 Å². The fourth-order valence-electron chi connectivity index (χ4n) is 2.45. The molecule has 0 aliphatic carbocycles. The van der Waals surface area contributed by atoms with Crippen molar-refractivity contribution in [2.75, 3.05) is 11.9 Å². The third kappa shape index (κ3) is 5.84. The van der Waals surface area contributed by atoms with Crippen molar-refractivity contribution in [3.63, 3.8) is 0 Å². The summed E-state index contributed by atoms with van der Waals surface area (Å²) in [7, 11) is 0. The molecule has 4 heteroatoms. The molecule has 0 bridgehead atoms. The van der Waals surface area contributed by atoms with Crippen molar-refractivity contribution in [3.05, 3.63) is 29.6 Å². The van der Waals surface area contributed by atoms with E-state index < -0.39 is 5.82 Å². The van der Waals surface area contributed by atoms with E-state index >= 15 is 0 Å². The Bertz CT molecular complexity index is 480. The predicted molar refractivity (Wildman–Crippen MR) is 85.6 cm³/mol. The minimum absolute atomic E-state index is 0.120. The first-order valence-corrected chi connectivity index (χ1v) is 7.50. The topological polar surface area (TPSA) is 55.1 Å². The molecule has 0 radical (unpaired) electrons. The van der Waals surface area contributed by atoms with E-state index in [0.29, 0.717) is 18.9 Å². The third-order valence-corrected chi connectivity index (χ3v) is 3.86. The summed E-state index contributed by atoms with van der Waals surface area (Å²) < 4.78 is 13.7. The molecule has 0 aliphatic rings. The number of aryl methyl sites for hydroxylation is 1. The van der Waals surface area contributed by atoms with Gasteiger partial charge in [-0.25, -0.2) is 4.39 Å². The first-order valence-electron chi connectivity index (χ1n) is 7.50. The van der Waals surface area contributed by atoms with Gasteiger partial charge in [-0.1, -0.05) is 26.8 Å². The number of nitrogens with two attached hydrogens (primary N) is 1. The molecule has 0 aliphatic heterocycles. The summed E-state index contributed by atoms with van der Waals surface area (Å²) in [5.74, 6) is -0.155. The number of carbonyl (C=O) groups is 1. The second-order valence-electron chi connectivity index (χ2n) is 6.71. The second kappa shape index (κ2) is 7.55. The summed E-state index contributed by atoms with van der Waals surface area (Å²) in [5, 5.41) is 2.64. The van der Waals surface area contributed by atoms with E-state index in [0.717, 1.165) is 18.4 Å². The zero-order valence-corrected chi connectivity index (χ0v) is 13.5. The molecule has 0 saturated carbocycles. The largest absolute Gasteiger partial charge is 0.330 e. The molecule has 1 rings (SSSR count). The van der Waals surface area contributed by atoms with Crippen LogP contribution in [-0.2, 0) is 4.79 Å². The molecule has 0 aromatic heterocycles. The summed E-state index contributed by atoms with van der Waals surface area (Å²) in [6.45, 7) is 8.91. The van der Waals surface area contributed by atoms with Crippen LogP contribution in [0.5, 0.6) is 0 Å². The molecular weight excluding hydrogens is 267 g/mol. The highest BCUT2D eigenvalue weighted by Gasteiger charge is 2.24. The van der Waals surface area contributed by atoms with Crippen LogP contribution in [0.25, 0.3) is 0 Å². The van der Waals surface area contributed by atoms with Crippen LogP contribution < -0.4 is 11.1 Å². The normalized spacial score (nSPS) is 13.0. The van der Waals surface area contributed by atoms with Gasteiger partial charge >= 0.3 is 0 Å². The van der Waals surface area contributed by atoms with Gasteiger partial charge in [0, 0.05) is 6.42 Å². The van der Waals surface area contributed by atoms with Gasteiger partial charge in [0.15, 0.2) is 0 Å². The maximum Gasteiger partial charge on any atom is 0.224 e. The molecule has 0 fully saturated rings. The maximum absolute atomic E-state index is 13.7. The lowest BCUT2D eigenvalue weighted by molar-refractivity contribution is -0.116. The van der Waals surface area contributed by atoms with Crippen molar-refractivity contribution in [2.45, 2.75) is 47.0 Å². The lowest BCUT2D eigenvalue weighted by Gasteiger charge is -2.30. The highest BCUT2D eigenvalue weighted by Crippen LogP contribution is 2.32. The highest BCUT2D eigenvalue weighted by molar-refractivity contribution is 5.90. The molecule has 21 heavy (non-hydrogen) atoms. The molecule has 3 nitrogen and oxygen atoms in total. The molecule has 1 aromatic carbocycles. The quantitative estimate of drug-likeness (QED) is 0.837. The van der Waals surface area contributed by atoms with Gasteiger partial charge in [-0.05, 0) is 55.3 Å². The van der Waals surface area contributed by atoms with E-state index in [1.165, 1.54) is 6.07 Å². The standard InChI is InChI=1S/C17H27FN2O/c1-12-5-7-15(14(18)11-12)20-16(21)8-6-13(9-10-19)17(2,3)4/h5,7,11,13H,6,8-10,19H2,1-4H3,(H,20,21). The van der Waals surface area contributed by atoms with Gasteiger partial charge < -0.3 is 11.1 Å². The number of amides is 1. The Morgan fingerprint density at radius 1 is 1.33 bits per heavy atom. The number of nitrogens with one attached hydrogen (secondary N) is 1. The molecule has 118 valence electrons. The molecule has 3 N–H and O–H groups in total. The summed E-state index contributed by atoms with van der Waals surface area (Å²) >= 11 is 0. The zero-order valence-electron chi connectivity index (χ0n) is 13.5. The van der Waals surface area contributed by atoms with Crippen LogP contribution in [-0.4, -0.2) is 12.5 Å². The maximum atomic E-state index is 13.7. The fraction of sp³-hybridized carbons (Fsp3) is 0.588. The van der Waals surface area contributed by atoms with Crippen LogP contribution in [0.15, 0.2) is 18.2 Å². The Morgan fingerprint density at radius 3 is 2.52 bits per heavy atom. The van der Waals surface area contributed by atoms with Crippen molar-refractivity contribution in [3.8, 4) is 0 Å². The molecule has 0 saturated heterocycles. The number of halogens is 1. The molecule has 1 amide bonds. The Hall–Kier alpha value is -1.42. The van der Waals surface area contributed by atoms with Gasteiger partial charge in [0.25, 0.3) is 0 Å². The molecule has 1 atom stereocenters. The Labute approximate surface area is 127 Å². The minimum Gasteiger partial charge on any atom is -0.330 e. The van der Waals surface area contributed by atoms with E-state index in [1.54, 1.807) is 12.1 Å². The Morgan fingerprint density at radius 2 is 2.00 bits per heavy atom. The van der Waals surface area contributed by atoms with Crippen LogP contribution in [0.2, 0.25) is 0 Å². The molecular formula is C17H27FN2O. The average Bonchev–Trinajstić information content (AvgIpc) is 2.36. The van der Waals surface area contributed by atoms with Gasteiger partial charge in [-0.3, -0.25) is 4.79 Å². The van der Waals surface area contributed by atoms with Crippen molar-refractivity contribution in [2.24, 2.45) is 17.1 Å². The van der Waals surface area contributed by atoms with Crippen LogP contribution in [0.4, 0.5) is 10.1 Å². The van der Waals surface area contributed by atoms with Gasteiger partial charge in [-0.15, -0.1) is 0 Å². The minimum atomic E-state index is -0.391. The van der Waals surface area contributed by atoms with Crippen LogP contribution in [0.1, 0.15) is 45.6 Å². The van der Waals surface area contributed by atoms with Crippen LogP contribution >= 0.6 is 0 Å². The van der Waals surface area contributed by atoms with Gasteiger partial charge in [0.1, 0.15) is 5.82 Å². The van der Waals surface area contributed by atoms with Gasteiger partial charge in [0.05, 0.1) is 5.69 Å². The van der Waals surface area contributed by atoms with E-state index in [1.807, 2.05) is 6.92 Å². The van der Waals surface area contributed by atoms with E-state index in [-0.39, 0.29) is 17.0 Å². The summed E-state index contributed by atoms with van der Waals surface area (Å²) in [6.07, 6.45) is 2.05. The number of carbonyl (C=O) groups excluding carboxylic acids is 1. The van der Waals surface area contributed by atoms with Crippen molar-refractivity contribution < 1.29 is 9.18 Å². The SMILES string of the molecule is Cc1ccc(NC(=O)CCC(CCN)C(C)(C)C)c(F)c1. The first-order chi connectivity index (χ1) is 9.74. The second-order valence-corrected chi connectivity index (χ2v) is 6.71. The van der Waals surface area contributed by atoms with Crippen molar-refractivity contribution >= 4 is 11.6 Å². The predicted octanol–water partition coefficient (Wildman–Crippen LogP) is 3.86. The molecule has 0 spiro atoms. The van der Waals surface area contributed by atoms with E-state index in [2.05, 4.69) is 26.1 Å². The molecule has 1 unspecified atom stereocenters. The highest BCUT2D eigenvalue weighted by atomic mass is 19.1. The van der Waals surface area contributed by atoms with E-state index in [9.17, 15) is 9.18 Å². The fourth-order valence-corrected chi connectivity index (χ4v) is 2.45. The summed E-state index contributed by atoms with van der Waals surface area (Å²) in [4.78, 5) is 12.0. The lowest BCUT2D eigenvalue weighted by atomic mass is 9.76. The summed E-state index contributed by atoms with van der Waals surface area (Å²) in [6, 6.07) is 4.80. The van der Waals surface area contributed by atoms with Crippen LogP contribution in [0.3, 0.4) is 0 Å². The average molecular weight is 294 g/mol. The van der Waals surface area contributed by atoms with Gasteiger partial charge in [0.2, 0.25) is 5.91 Å². The number of benzene rings is 1. The Balaban J connectivity index is 2.57. The number of hydrogen-bond donors (Lipinski definition) is 2.